The Hall–Kier alpha value is -1.79. The van der Waals surface area contributed by atoms with E-state index in [1.165, 1.54) is 12.0 Å². The summed E-state index contributed by atoms with van der Waals surface area (Å²) in [6.07, 6.45) is 0.287. The summed E-state index contributed by atoms with van der Waals surface area (Å²) in [4.78, 5) is 13.4. The quantitative estimate of drug-likeness (QED) is 0.628. The van der Waals surface area contributed by atoms with Gasteiger partial charge < -0.3 is 24.8 Å². The van der Waals surface area contributed by atoms with E-state index in [4.69, 9.17) is 9.47 Å². The molecule has 0 unspecified atom stereocenters. The number of benzene rings is 1. The van der Waals surface area contributed by atoms with Crippen molar-refractivity contribution in [2.75, 3.05) is 46.5 Å². The van der Waals surface area contributed by atoms with E-state index in [0.717, 1.165) is 38.4 Å². The molecule has 0 bridgehead atoms. The van der Waals surface area contributed by atoms with E-state index in [-0.39, 0.29) is 18.1 Å². The number of rotatable bonds is 6. The number of aromatic hydroxyl groups is 1. The number of carbonyl (C=O) groups excluding carboxylic acids is 1. The van der Waals surface area contributed by atoms with Crippen LogP contribution in [0.1, 0.15) is 5.56 Å². The van der Waals surface area contributed by atoms with Crippen LogP contribution in [-0.4, -0.2) is 57.5 Å². The third kappa shape index (κ3) is 4.91. The molecule has 1 fully saturated rings. The van der Waals surface area contributed by atoms with Crippen LogP contribution in [-0.2, 0) is 16.0 Å². The fourth-order valence-electron chi connectivity index (χ4n) is 2.37. The monoisotopic (exact) mass is 295 g/mol. The van der Waals surface area contributed by atoms with E-state index in [0.29, 0.717) is 12.3 Å². The van der Waals surface area contributed by atoms with Crippen LogP contribution in [0.25, 0.3) is 0 Å². The number of morpholine rings is 1. The van der Waals surface area contributed by atoms with Crippen LogP contribution >= 0.6 is 0 Å². The second-order valence-corrected chi connectivity index (χ2v) is 5.15. The maximum absolute atomic E-state index is 11.9. The smallest absolute Gasteiger partial charge is 0.224 e. The molecular formula is C15H23N2O4+. The minimum atomic E-state index is -0.0181. The summed E-state index contributed by atoms with van der Waals surface area (Å²) < 4.78 is 10.3. The van der Waals surface area contributed by atoms with Crippen LogP contribution in [0.2, 0.25) is 0 Å². The number of phenolic OH excluding ortho intramolecular Hbond substituents is 1. The molecule has 0 aromatic heterocycles. The van der Waals surface area contributed by atoms with Crippen molar-refractivity contribution in [3.63, 3.8) is 0 Å². The molecule has 3 N–H and O–H groups in total. The van der Waals surface area contributed by atoms with Crippen molar-refractivity contribution in [2.24, 2.45) is 0 Å². The molecule has 0 saturated carbocycles. The lowest BCUT2D eigenvalue weighted by atomic mass is 10.1. The van der Waals surface area contributed by atoms with Crippen molar-refractivity contribution in [3.05, 3.63) is 23.8 Å². The number of ether oxygens (including phenoxy) is 2. The maximum Gasteiger partial charge on any atom is 0.224 e. The molecule has 2 rings (SSSR count). The minimum absolute atomic E-state index is 0.0181. The number of carbonyl (C=O) groups is 1. The van der Waals surface area contributed by atoms with E-state index < -0.39 is 0 Å². The molecule has 6 heteroatoms. The highest BCUT2D eigenvalue weighted by atomic mass is 16.5. The van der Waals surface area contributed by atoms with Crippen LogP contribution < -0.4 is 15.0 Å². The zero-order chi connectivity index (χ0) is 15.1. The Bertz CT molecular complexity index is 473. The van der Waals surface area contributed by atoms with Gasteiger partial charge in [-0.15, -0.1) is 0 Å². The first kappa shape index (κ1) is 15.6. The van der Waals surface area contributed by atoms with Gasteiger partial charge in [0.25, 0.3) is 0 Å². The highest BCUT2D eigenvalue weighted by molar-refractivity contribution is 5.78. The van der Waals surface area contributed by atoms with Crippen LogP contribution in [0.5, 0.6) is 11.5 Å². The average Bonchev–Trinajstić information content (AvgIpc) is 2.50. The molecule has 1 amide bonds. The van der Waals surface area contributed by atoms with Gasteiger partial charge in [0.2, 0.25) is 5.91 Å². The van der Waals surface area contributed by atoms with Gasteiger partial charge in [-0.3, -0.25) is 4.79 Å². The summed E-state index contributed by atoms with van der Waals surface area (Å²) in [6, 6.07) is 4.95. The number of methoxy groups -OCH3 is 1. The number of amides is 1. The first-order valence-corrected chi connectivity index (χ1v) is 7.23. The first-order chi connectivity index (χ1) is 10.2. The lowest BCUT2D eigenvalue weighted by Gasteiger charge is -2.23. The Kier molecular flexibility index (Phi) is 5.83. The van der Waals surface area contributed by atoms with Crippen LogP contribution in [0.3, 0.4) is 0 Å². The molecule has 0 atom stereocenters. The predicted molar refractivity (Wildman–Crippen MR) is 77.8 cm³/mol. The number of nitrogens with one attached hydrogen (secondary N) is 2. The third-order valence-corrected chi connectivity index (χ3v) is 3.61. The summed E-state index contributed by atoms with van der Waals surface area (Å²) in [7, 11) is 1.49. The van der Waals surface area contributed by atoms with Crippen LogP contribution in [0.15, 0.2) is 18.2 Å². The van der Waals surface area contributed by atoms with Gasteiger partial charge in [0.05, 0.1) is 39.8 Å². The van der Waals surface area contributed by atoms with Gasteiger partial charge in [-0.2, -0.15) is 0 Å². The van der Waals surface area contributed by atoms with Gasteiger partial charge in [0.1, 0.15) is 13.1 Å². The Balaban J connectivity index is 1.73. The Morgan fingerprint density at radius 3 is 2.90 bits per heavy atom. The Morgan fingerprint density at radius 2 is 2.19 bits per heavy atom. The van der Waals surface area contributed by atoms with Crippen molar-refractivity contribution in [2.45, 2.75) is 6.42 Å². The fraction of sp³-hybridized carbons (Fsp3) is 0.533. The van der Waals surface area contributed by atoms with E-state index >= 15 is 0 Å². The Morgan fingerprint density at radius 1 is 1.43 bits per heavy atom. The molecule has 21 heavy (non-hydrogen) atoms. The van der Waals surface area contributed by atoms with Gasteiger partial charge >= 0.3 is 0 Å². The molecule has 1 heterocycles. The number of phenols is 1. The van der Waals surface area contributed by atoms with Crippen molar-refractivity contribution < 1.29 is 24.3 Å². The number of hydrogen-bond donors (Lipinski definition) is 3. The van der Waals surface area contributed by atoms with E-state index in [2.05, 4.69) is 5.32 Å². The molecule has 0 radical (unpaired) electrons. The van der Waals surface area contributed by atoms with Crippen molar-refractivity contribution >= 4 is 5.91 Å². The van der Waals surface area contributed by atoms with Crippen LogP contribution in [0.4, 0.5) is 0 Å². The second kappa shape index (κ2) is 7.85. The summed E-state index contributed by atoms with van der Waals surface area (Å²) in [5, 5.41) is 12.4. The lowest BCUT2D eigenvalue weighted by Crippen LogP contribution is -3.14. The van der Waals surface area contributed by atoms with Crippen molar-refractivity contribution in [1.29, 1.82) is 0 Å². The predicted octanol–water partition coefficient (Wildman–Crippen LogP) is -1.03. The molecule has 1 aromatic rings. The second-order valence-electron chi connectivity index (χ2n) is 5.15. The standard InChI is InChI=1S/C15H22N2O4/c1-20-14-10-12(2-3-13(14)18)11-15(19)16-4-5-17-6-8-21-9-7-17/h2-3,10,18H,4-9,11H2,1H3,(H,16,19)/p+1. The van der Waals surface area contributed by atoms with E-state index in [9.17, 15) is 9.90 Å². The van der Waals surface area contributed by atoms with Crippen molar-refractivity contribution in [1.82, 2.24) is 5.32 Å². The van der Waals surface area contributed by atoms with Gasteiger partial charge in [0, 0.05) is 0 Å². The molecule has 6 nitrogen and oxygen atoms in total. The molecule has 116 valence electrons. The zero-order valence-corrected chi connectivity index (χ0v) is 12.4. The lowest BCUT2D eigenvalue weighted by molar-refractivity contribution is -0.906. The molecule has 0 aliphatic carbocycles. The van der Waals surface area contributed by atoms with Gasteiger partial charge in [-0.25, -0.2) is 0 Å². The minimum Gasteiger partial charge on any atom is -0.504 e. The topological polar surface area (TPSA) is 72.2 Å². The molecule has 1 aliphatic heterocycles. The number of quaternary nitrogens is 1. The zero-order valence-electron chi connectivity index (χ0n) is 12.4. The fourth-order valence-corrected chi connectivity index (χ4v) is 2.37. The van der Waals surface area contributed by atoms with Gasteiger partial charge in [0.15, 0.2) is 11.5 Å². The molecular weight excluding hydrogens is 272 g/mol. The molecule has 1 saturated heterocycles. The normalized spacial score (nSPS) is 15.7. The third-order valence-electron chi connectivity index (χ3n) is 3.61. The molecule has 0 spiro atoms. The largest absolute Gasteiger partial charge is 0.504 e. The summed E-state index contributed by atoms with van der Waals surface area (Å²) in [6.45, 7) is 5.21. The van der Waals surface area contributed by atoms with Crippen molar-refractivity contribution in [3.8, 4) is 11.5 Å². The highest BCUT2D eigenvalue weighted by Crippen LogP contribution is 2.26. The summed E-state index contributed by atoms with van der Waals surface area (Å²) >= 11 is 0. The number of hydrogen-bond acceptors (Lipinski definition) is 4. The summed E-state index contributed by atoms with van der Waals surface area (Å²) in [5.74, 6) is 0.450. The molecule has 1 aromatic carbocycles. The van der Waals surface area contributed by atoms with Gasteiger partial charge in [-0.05, 0) is 17.7 Å². The van der Waals surface area contributed by atoms with E-state index in [1.54, 1.807) is 18.2 Å². The Labute approximate surface area is 124 Å². The SMILES string of the molecule is COc1cc(CC(=O)NCC[NH+]2CCOCC2)ccc1O. The van der Waals surface area contributed by atoms with Gasteiger partial charge in [-0.1, -0.05) is 6.07 Å². The highest BCUT2D eigenvalue weighted by Gasteiger charge is 2.13. The first-order valence-electron chi connectivity index (χ1n) is 7.23. The van der Waals surface area contributed by atoms with E-state index in [1.807, 2.05) is 0 Å². The van der Waals surface area contributed by atoms with Crippen LogP contribution in [0, 0.1) is 0 Å². The summed E-state index contributed by atoms with van der Waals surface area (Å²) in [5.41, 5.74) is 0.820. The maximum atomic E-state index is 11.9. The average molecular weight is 295 g/mol. The molecule has 1 aliphatic rings.